The van der Waals surface area contributed by atoms with Crippen LogP contribution in [-0.4, -0.2) is 26.1 Å². The van der Waals surface area contributed by atoms with E-state index in [1.165, 1.54) is 0 Å². The smallest absolute Gasteiger partial charge is 0.230 e. The standard InChI is InChI=1S/C20H24N2O2.ClH/c1-15(17-12-21-13-17)20(23)22(14-16-6-4-3-5-7-16)18-8-10-19(24-2)11-9-18;/h3-11,15,17,21H,12-14H2,1-2H3;1H. The molecule has 3 rings (SSSR count). The summed E-state index contributed by atoms with van der Waals surface area (Å²) in [6, 6.07) is 17.8. The zero-order chi connectivity index (χ0) is 16.9. The quantitative estimate of drug-likeness (QED) is 0.857. The van der Waals surface area contributed by atoms with Gasteiger partial charge in [-0.15, -0.1) is 12.4 Å². The number of hydrogen-bond donors (Lipinski definition) is 1. The molecule has 1 atom stereocenters. The lowest BCUT2D eigenvalue weighted by molar-refractivity contribution is -0.124. The van der Waals surface area contributed by atoms with Crippen LogP contribution in [-0.2, 0) is 11.3 Å². The lowest BCUT2D eigenvalue weighted by Gasteiger charge is -2.35. The predicted octanol–water partition coefficient (Wildman–Crippen LogP) is 3.51. The largest absolute Gasteiger partial charge is 0.497 e. The van der Waals surface area contributed by atoms with Crippen LogP contribution in [0.4, 0.5) is 5.69 Å². The third-order valence-corrected chi connectivity index (χ3v) is 4.74. The number of ether oxygens (including phenoxy) is 1. The van der Waals surface area contributed by atoms with E-state index in [0.29, 0.717) is 12.5 Å². The van der Waals surface area contributed by atoms with Crippen LogP contribution in [0.5, 0.6) is 5.75 Å². The molecule has 1 N–H and O–H groups in total. The van der Waals surface area contributed by atoms with Crippen LogP contribution >= 0.6 is 12.4 Å². The molecule has 0 bridgehead atoms. The molecule has 0 aromatic heterocycles. The zero-order valence-corrected chi connectivity index (χ0v) is 15.5. The fraction of sp³-hybridized carbons (Fsp3) is 0.350. The topological polar surface area (TPSA) is 41.6 Å². The van der Waals surface area contributed by atoms with Crippen LogP contribution in [0.3, 0.4) is 0 Å². The zero-order valence-electron chi connectivity index (χ0n) is 14.6. The Morgan fingerprint density at radius 1 is 1.16 bits per heavy atom. The molecule has 0 aliphatic carbocycles. The molecule has 1 saturated heterocycles. The first-order valence-electron chi connectivity index (χ1n) is 8.39. The summed E-state index contributed by atoms with van der Waals surface area (Å²) in [5, 5.41) is 3.25. The molecule has 1 heterocycles. The number of carbonyl (C=O) groups is 1. The van der Waals surface area contributed by atoms with Gasteiger partial charge in [-0.25, -0.2) is 0 Å². The minimum atomic E-state index is 0. The Morgan fingerprint density at radius 3 is 2.32 bits per heavy atom. The Kier molecular flexibility index (Phi) is 6.85. The fourth-order valence-corrected chi connectivity index (χ4v) is 2.94. The molecule has 0 radical (unpaired) electrons. The summed E-state index contributed by atoms with van der Waals surface area (Å²) >= 11 is 0. The minimum absolute atomic E-state index is 0. The van der Waals surface area contributed by atoms with Crippen molar-refractivity contribution >= 4 is 24.0 Å². The molecule has 1 aliphatic rings. The number of benzene rings is 2. The van der Waals surface area contributed by atoms with Crippen molar-refractivity contribution in [3.63, 3.8) is 0 Å². The maximum atomic E-state index is 13.1. The van der Waals surface area contributed by atoms with E-state index in [1.807, 2.05) is 54.3 Å². The monoisotopic (exact) mass is 360 g/mol. The normalized spacial score (nSPS) is 14.8. The third-order valence-electron chi connectivity index (χ3n) is 4.74. The average Bonchev–Trinajstić information content (AvgIpc) is 2.58. The number of nitrogens with zero attached hydrogens (tertiary/aromatic N) is 1. The summed E-state index contributed by atoms with van der Waals surface area (Å²) < 4.78 is 5.23. The molecule has 1 aliphatic heterocycles. The van der Waals surface area contributed by atoms with Gasteiger partial charge in [0.1, 0.15) is 5.75 Å². The van der Waals surface area contributed by atoms with Crippen LogP contribution in [0.15, 0.2) is 54.6 Å². The van der Waals surface area contributed by atoms with Gasteiger partial charge in [-0.05, 0) is 48.8 Å². The lowest BCUT2D eigenvalue weighted by Crippen LogP contribution is -2.50. The molecular formula is C20H25ClN2O2. The van der Waals surface area contributed by atoms with Gasteiger partial charge in [-0.1, -0.05) is 37.3 Å². The highest BCUT2D eigenvalue weighted by Crippen LogP contribution is 2.26. The maximum Gasteiger partial charge on any atom is 0.230 e. The SMILES string of the molecule is COc1ccc(N(Cc2ccccc2)C(=O)C(C)C2CNC2)cc1.Cl. The first-order valence-corrected chi connectivity index (χ1v) is 8.39. The van der Waals surface area contributed by atoms with Crippen LogP contribution < -0.4 is 15.0 Å². The minimum Gasteiger partial charge on any atom is -0.497 e. The second-order valence-electron chi connectivity index (χ2n) is 6.32. The summed E-state index contributed by atoms with van der Waals surface area (Å²) in [5.74, 6) is 1.41. The van der Waals surface area contributed by atoms with E-state index in [0.717, 1.165) is 30.1 Å². The summed E-state index contributed by atoms with van der Waals surface area (Å²) in [6.45, 7) is 4.47. The highest BCUT2D eigenvalue weighted by atomic mass is 35.5. The van der Waals surface area contributed by atoms with Crippen LogP contribution in [0.1, 0.15) is 12.5 Å². The van der Waals surface area contributed by atoms with Crippen molar-refractivity contribution < 1.29 is 9.53 Å². The van der Waals surface area contributed by atoms with Gasteiger partial charge in [-0.3, -0.25) is 4.79 Å². The second-order valence-corrected chi connectivity index (χ2v) is 6.32. The van der Waals surface area contributed by atoms with E-state index in [1.54, 1.807) is 7.11 Å². The van der Waals surface area contributed by atoms with Gasteiger partial charge < -0.3 is 15.0 Å². The second kappa shape index (κ2) is 8.88. The first-order chi connectivity index (χ1) is 11.7. The highest BCUT2D eigenvalue weighted by Gasteiger charge is 2.32. The van der Waals surface area contributed by atoms with E-state index < -0.39 is 0 Å². The molecule has 0 saturated carbocycles. The number of amides is 1. The lowest BCUT2D eigenvalue weighted by atomic mass is 9.87. The molecule has 0 spiro atoms. The number of hydrogen-bond acceptors (Lipinski definition) is 3. The number of anilines is 1. The van der Waals surface area contributed by atoms with Crippen molar-refractivity contribution in [1.82, 2.24) is 5.32 Å². The number of methoxy groups -OCH3 is 1. The molecule has 1 fully saturated rings. The van der Waals surface area contributed by atoms with E-state index in [-0.39, 0.29) is 24.2 Å². The van der Waals surface area contributed by atoms with Gasteiger partial charge in [0.05, 0.1) is 13.7 Å². The van der Waals surface area contributed by atoms with E-state index in [9.17, 15) is 4.79 Å². The maximum absolute atomic E-state index is 13.1. The van der Waals surface area contributed by atoms with Crippen molar-refractivity contribution in [3.05, 3.63) is 60.2 Å². The van der Waals surface area contributed by atoms with E-state index in [2.05, 4.69) is 17.4 Å². The molecule has 4 nitrogen and oxygen atoms in total. The molecule has 2 aromatic carbocycles. The first kappa shape index (κ1) is 19.3. The molecule has 25 heavy (non-hydrogen) atoms. The van der Waals surface area contributed by atoms with Crippen molar-refractivity contribution in [2.24, 2.45) is 11.8 Å². The van der Waals surface area contributed by atoms with Gasteiger partial charge in [-0.2, -0.15) is 0 Å². The Morgan fingerprint density at radius 2 is 1.80 bits per heavy atom. The van der Waals surface area contributed by atoms with Crippen molar-refractivity contribution in [2.45, 2.75) is 13.5 Å². The van der Waals surface area contributed by atoms with Crippen molar-refractivity contribution in [2.75, 3.05) is 25.1 Å². The van der Waals surface area contributed by atoms with Crippen LogP contribution in [0.2, 0.25) is 0 Å². The van der Waals surface area contributed by atoms with Gasteiger partial charge >= 0.3 is 0 Å². The van der Waals surface area contributed by atoms with Gasteiger partial charge in [0.25, 0.3) is 0 Å². The third kappa shape index (κ3) is 4.53. The van der Waals surface area contributed by atoms with Gasteiger partial charge in [0, 0.05) is 11.6 Å². The summed E-state index contributed by atoms with van der Waals surface area (Å²) in [5.41, 5.74) is 2.03. The van der Waals surface area contributed by atoms with Gasteiger partial charge in [0.2, 0.25) is 5.91 Å². The summed E-state index contributed by atoms with van der Waals surface area (Å²) in [6.07, 6.45) is 0. The molecular weight excluding hydrogens is 336 g/mol. The van der Waals surface area contributed by atoms with Gasteiger partial charge in [0.15, 0.2) is 0 Å². The molecule has 134 valence electrons. The number of rotatable bonds is 6. The Labute approximate surface area is 155 Å². The molecule has 2 aromatic rings. The molecule has 1 amide bonds. The molecule has 1 unspecified atom stereocenters. The summed E-state index contributed by atoms with van der Waals surface area (Å²) in [4.78, 5) is 15.0. The van der Waals surface area contributed by atoms with E-state index >= 15 is 0 Å². The molecule has 5 heteroatoms. The number of carbonyl (C=O) groups excluding carboxylic acids is 1. The van der Waals surface area contributed by atoms with Crippen molar-refractivity contribution in [1.29, 1.82) is 0 Å². The fourth-order valence-electron chi connectivity index (χ4n) is 2.94. The summed E-state index contributed by atoms with van der Waals surface area (Å²) in [7, 11) is 1.65. The van der Waals surface area contributed by atoms with Crippen LogP contribution in [0.25, 0.3) is 0 Å². The van der Waals surface area contributed by atoms with E-state index in [4.69, 9.17) is 4.74 Å². The average molecular weight is 361 g/mol. The Bertz CT molecular complexity index is 672. The number of halogens is 1. The van der Waals surface area contributed by atoms with Crippen LogP contribution in [0, 0.1) is 11.8 Å². The Balaban J connectivity index is 0.00000225. The Hall–Kier alpha value is -2.04. The van der Waals surface area contributed by atoms with Crippen molar-refractivity contribution in [3.8, 4) is 5.75 Å². The highest BCUT2D eigenvalue weighted by molar-refractivity contribution is 5.95. The number of nitrogens with one attached hydrogen (secondary N) is 1. The predicted molar refractivity (Wildman–Crippen MR) is 103 cm³/mol.